The van der Waals surface area contributed by atoms with Crippen LogP contribution < -0.4 is 5.32 Å². The monoisotopic (exact) mass is 203 g/mol. The number of rotatable bonds is 7. The first-order valence-electron chi connectivity index (χ1n) is 5.32. The van der Waals surface area contributed by atoms with E-state index in [4.69, 9.17) is 9.84 Å². The Morgan fingerprint density at radius 3 is 2.29 bits per heavy atom. The first-order chi connectivity index (χ1) is 6.43. The Morgan fingerprint density at radius 1 is 1.36 bits per heavy atom. The molecule has 1 unspecified atom stereocenters. The lowest BCUT2D eigenvalue weighted by molar-refractivity contribution is 0.0144. The highest BCUT2D eigenvalue weighted by Gasteiger charge is 2.17. The van der Waals surface area contributed by atoms with Gasteiger partial charge in [0.1, 0.15) is 0 Å². The molecule has 0 aromatic rings. The molecule has 0 radical (unpaired) electrons. The van der Waals surface area contributed by atoms with Crippen molar-refractivity contribution in [1.29, 1.82) is 0 Å². The number of hydrogen-bond donors (Lipinski definition) is 2. The summed E-state index contributed by atoms with van der Waals surface area (Å²) in [6.07, 6.45) is 0.951. The van der Waals surface area contributed by atoms with Gasteiger partial charge in [-0.2, -0.15) is 0 Å². The van der Waals surface area contributed by atoms with Crippen molar-refractivity contribution in [2.75, 3.05) is 20.3 Å². The van der Waals surface area contributed by atoms with Crippen molar-refractivity contribution in [2.24, 2.45) is 5.92 Å². The Bertz CT molecular complexity index is 146. The Balaban J connectivity index is 3.71. The number of aliphatic hydroxyl groups excluding tert-OH is 1. The zero-order chi connectivity index (χ0) is 11.2. The second-order valence-electron chi connectivity index (χ2n) is 4.70. The fraction of sp³-hybridized carbons (Fsp3) is 1.00. The molecule has 0 fully saturated rings. The van der Waals surface area contributed by atoms with Crippen molar-refractivity contribution in [3.8, 4) is 0 Å². The average Bonchev–Trinajstić information content (AvgIpc) is 2.12. The van der Waals surface area contributed by atoms with Gasteiger partial charge in [-0.15, -0.1) is 0 Å². The molecule has 86 valence electrons. The van der Waals surface area contributed by atoms with Crippen LogP contribution in [0.2, 0.25) is 0 Å². The highest BCUT2D eigenvalue weighted by Crippen LogP contribution is 2.12. The normalized spacial score (nSPS) is 14.8. The molecular weight excluding hydrogens is 178 g/mol. The Kier molecular flexibility index (Phi) is 6.33. The third-order valence-electron chi connectivity index (χ3n) is 2.69. The summed E-state index contributed by atoms with van der Waals surface area (Å²) < 4.78 is 5.31. The molecule has 0 aliphatic heterocycles. The minimum Gasteiger partial charge on any atom is -0.395 e. The summed E-state index contributed by atoms with van der Waals surface area (Å²) in [7, 11) is 1.73. The largest absolute Gasteiger partial charge is 0.395 e. The quantitative estimate of drug-likeness (QED) is 0.657. The Hall–Kier alpha value is -0.120. The van der Waals surface area contributed by atoms with Crippen molar-refractivity contribution >= 4 is 0 Å². The van der Waals surface area contributed by atoms with Gasteiger partial charge >= 0.3 is 0 Å². The molecule has 0 saturated heterocycles. The smallest absolute Gasteiger partial charge is 0.0634 e. The van der Waals surface area contributed by atoms with Crippen molar-refractivity contribution in [2.45, 2.75) is 45.8 Å². The van der Waals surface area contributed by atoms with Gasteiger partial charge in [0.15, 0.2) is 0 Å². The second-order valence-corrected chi connectivity index (χ2v) is 4.70. The molecule has 0 spiro atoms. The van der Waals surface area contributed by atoms with E-state index in [1.807, 2.05) is 0 Å². The molecule has 2 N–H and O–H groups in total. The Morgan fingerprint density at radius 2 is 1.93 bits per heavy atom. The zero-order valence-corrected chi connectivity index (χ0v) is 10.1. The maximum absolute atomic E-state index is 9.09. The van der Waals surface area contributed by atoms with Crippen LogP contribution in [0, 0.1) is 5.92 Å². The van der Waals surface area contributed by atoms with Gasteiger partial charge in [-0.25, -0.2) is 0 Å². The van der Waals surface area contributed by atoms with Gasteiger partial charge in [-0.05, 0) is 32.7 Å². The predicted molar refractivity (Wildman–Crippen MR) is 59.4 cm³/mol. The summed E-state index contributed by atoms with van der Waals surface area (Å²) in [6, 6.07) is 0.197. The molecule has 3 nitrogen and oxygen atoms in total. The lowest BCUT2D eigenvalue weighted by Gasteiger charge is -2.26. The first-order valence-corrected chi connectivity index (χ1v) is 5.32. The van der Waals surface area contributed by atoms with Gasteiger partial charge < -0.3 is 15.2 Å². The van der Waals surface area contributed by atoms with Crippen molar-refractivity contribution in [3.63, 3.8) is 0 Å². The summed E-state index contributed by atoms with van der Waals surface area (Å²) in [5.74, 6) is 0.464. The molecule has 0 saturated carbocycles. The van der Waals surface area contributed by atoms with Crippen LogP contribution in [0.4, 0.5) is 0 Å². The van der Waals surface area contributed by atoms with Crippen LogP contribution in [0.1, 0.15) is 34.1 Å². The van der Waals surface area contributed by atoms with E-state index >= 15 is 0 Å². The van der Waals surface area contributed by atoms with Crippen LogP contribution in [0.25, 0.3) is 0 Å². The molecule has 0 aromatic carbocycles. The summed E-state index contributed by atoms with van der Waals surface area (Å²) in [5.41, 5.74) is -0.0794. The molecule has 0 rings (SSSR count). The van der Waals surface area contributed by atoms with Crippen molar-refractivity contribution < 1.29 is 9.84 Å². The highest BCUT2D eigenvalue weighted by molar-refractivity contribution is 4.73. The molecule has 0 aliphatic carbocycles. The van der Waals surface area contributed by atoms with Gasteiger partial charge in [0, 0.05) is 13.2 Å². The summed E-state index contributed by atoms with van der Waals surface area (Å²) in [5, 5.41) is 12.4. The van der Waals surface area contributed by atoms with E-state index in [2.05, 4.69) is 33.0 Å². The fourth-order valence-electron chi connectivity index (χ4n) is 1.17. The molecule has 0 heterocycles. The molecule has 1 atom stereocenters. The van der Waals surface area contributed by atoms with E-state index in [9.17, 15) is 0 Å². The molecule has 0 amide bonds. The van der Waals surface area contributed by atoms with Crippen LogP contribution in [-0.4, -0.2) is 37.0 Å². The lowest BCUT2D eigenvalue weighted by atomic mass is 10.0. The molecule has 0 aromatic heterocycles. The van der Waals surface area contributed by atoms with Gasteiger partial charge in [0.25, 0.3) is 0 Å². The summed E-state index contributed by atoms with van der Waals surface area (Å²) >= 11 is 0. The van der Waals surface area contributed by atoms with Crippen LogP contribution in [0.3, 0.4) is 0 Å². The molecule has 0 bridgehead atoms. The first kappa shape index (κ1) is 13.9. The number of nitrogens with one attached hydrogen (secondary N) is 1. The highest BCUT2D eigenvalue weighted by atomic mass is 16.5. The maximum Gasteiger partial charge on any atom is 0.0634 e. The standard InChI is InChI=1S/C11H25NO2/c1-9(2)10(8-13)12-7-6-11(3,4)14-5/h9-10,12-13H,6-8H2,1-5H3. The lowest BCUT2D eigenvalue weighted by Crippen LogP contribution is -2.40. The maximum atomic E-state index is 9.09. The van der Waals surface area contributed by atoms with Gasteiger partial charge in [-0.1, -0.05) is 13.8 Å². The van der Waals surface area contributed by atoms with E-state index in [-0.39, 0.29) is 18.2 Å². The topological polar surface area (TPSA) is 41.5 Å². The van der Waals surface area contributed by atoms with E-state index in [0.29, 0.717) is 5.92 Å². The predicted octanol–water partition coefficient (Wildman–Crippen LogP) is 1.41. The third-order valence-corrected chi connectivity index (χ3v) is 2.69. The average molecular weight is 203 g/mol. The zero-order valence-electron chi connectivity index (χ0n) is 10.1. The van der Waals surface area contributed by atoms with Crippen molar-refractivity contribution in [1.82, 2.24) is 5.32 Å². The number of hydrogen-bond acceptors (Lipinski definition) is 3. The van der Waals surface area contributed by atoms with Crippen molar-refractivity contribution in [3.05, 3.63) is 0 Å². The van der Waals surface area contributed by atoms with Crippen LogP contribution in [0.15, 0.2) is 0 Å². The second kappa shape index (κ2) is 6.38. The summed E-state index contributed by atoms with van der Waals surface area (Å²) in [6.45, 7) is 9.43. The molecule has 3 heteroatoms. The summed E-state index contributed by atoms with van der Waals surface area (Å²) in [4.78, 5) is 0. The van der Waals surface area contributed by atoms with Gasteiger partial charge in [-0.3, -0.25) is 0 Å². The van der Waals surface area contributed by atoms with Gasteiger partial charge in [0.05, 0.1) is 12.2 Å². The van der Waals surface area contributed by atoms with Crippen LogP contribution in [-0.2, 0) is 4.74 Å². The SMILES string of the molecule is COC(C)(C)CCNC(CO)C(C)C. The van der Waals surface area contributed by atoms with E-state index in [0.717, 1.165) is 13.0 Å². The number of aliphatic hydroxyl groups is 1. The molecule has 0 aliphatic rings. The minimum absolute atomic E-state index is 0.0794. The van der Waals surface area contributed by atoms with Gasteiger partial charge in [0.2, 0.25) is 0 Å². The van der Waals surface area contributed by atoms with Crippen LogP contribution in [0.5, 0.6) is 0 Å². The Labute approximate surface area is 87.8 Å². The van der Waals surface area contributed by atoms with E-state index < -0.39 is 0 Å². The van der Waals surface area contributed by atoms with Crippen LogP contribution >= 0.6 is 0 Å². The fourth-order valence-corrected chi connectivity index (χ4v) is 1.17. The van der Waals surface area contributed by atoms with E-state index in [1.54, 1.807) is 7.11 Å². The van der Waals surface area contributed by atoms with E-state index in [1.165, 1.54) is 0 Å². The molecular formula is C11H25NO2. The minimum atomic E-state index is -0.0794. The number of ether oxygens (including phenoxy) is 1. The molecule has 14 heavy (non-hydrogen) atoms. The third kappa shape index (κ3) is 5.58. The number of methoxy groups -OCH3 is 1.